The minimum absolute atomic E-state index is 0.237. The molecule has 0 saturated heterocycles. The molecule has 0 atom stereocenters. The molecule has 0 unspecified atom stereocenters. The van der Waals surface area contributed by atoms with Crippen LogP contribution in [-0.2, 0) is 6.18 Å². The van der Waals surface area contributed by atoms with Crippen LogP contribution >= 0.6 is 0 Å². The van der Waals surface area contributed by atoms with Gasteiger partial charge in [-0.05, 0) is 45.3 Å². The highest BCUT2D eigenvalue weighted by atomic mass is 19.4. The largest absolute Gasteiger partial charge is 0.496 e. The average Bonchev–Trinajstić information content (AvgIpc) is 2.76. The Kier molecular flexibility index (Phi) is 7.53. The SMILES string of the molecule is COc1ccc(Nc2cc(-c3ccccc3)nc(NCCCN(C)C)n2)cc1C(F)(F)F. The summed E-state index contributed by atoms with van der Waals surface area (Å²) in [7, 11) is 5.21. The van der Waals surface area contributed by atoms with Crippen LogP contribution < -0.4 is 15.4 Å². The van der Waals surface area contributed by atoms with Gasteiger partial charge in [-0.3, -0.25) is 0 Å². The van der Waals surface area contributed by atoms with Gasteiger partial charge in [-0.2, -0.15) is 18.2 Å². The van der Waals surface area contributed by atoms with Crippen LogP contribution in [0.2, 0.25) is 0 Å². The molecule has 2 N–H and O–H groups in total. The number of benzene rings is 2. The second-order valence-corrected chi connectivity index (χ2v) is 7.45. The first-order chi connectivity index (χ1) is 15.3. The molecule has 9 heteroatoms. The molecule has 2 aromatic carbocycles. The molecule has 170 valence electrons. The summed E-state index contributed by atoms with van der Waals surface area (Å²) in [5.41, 5.74) is 0.918. The summed E-state index contributed by atoms with van der Waals surface area (Å²) in [5, 5.41) is 6.17. The van der Waals surface area contributed by atoms with Crippen LogP contribution in [0.3, 0.4) is 0 Å². The average molecular weight is 445 g/mol. The van der Waals surface area contributed by atoms with E-state index in [0.29, 0.717) is 24.0 Å². The third-order valence-corrected chi connectivity index (χ3v) is 4.64. The summed E-state index contributed by atoms with van der Waals surface area (Å²) in [4.78, 5) is 11.1. The van der Waals surface area contributed by atoms with Gasteiger partial charge < -0.3 is 20.3 Å². The molecule has 0 saturated carbocycles. The minimum Gasteiger partial charge on any atom is -0.496 e. The lowest BCUT2D eigenvalue weighted by Gasteiger charge is -2.15. The number of methoxy groups -OCH3 is 1. The summed E-state index contributed by atoms with van der Waals surface area (Å²) in [6.45, 7) is 1.57. The van der Waals surface area contributed by atoms with Gasteiger partial charge in [0.2, 0.25) is 5.95 Å². The second-order valence-electron chi connectivity index (χ2n) is 7.45. The van der Waals surface area contributed by atoms with Gasteiger partial charge in [0.25, 0.3) is 0 Å². The van der Waals surface area contributed by atoms with E-state index in [1.165, 1.54) is 19.2 Å². The Morgan fingerprint density at radius 2 is 1.75 bits per heavy atom. The maximum Gasteiger partial charge on any atom is 0.420 e. The summed E-state index contributed by atoms with van der Waals surface area (Å²) in [6.07, 6.45) is -3.65. The maximum atomic E-state index is 13.4. The van der Waals surface area contributed by atoms with Gasteiger partial charge in [-0.15, -0.1) is 0 Å². The zero-order valence-corrected chi connectivity index (χ0v) is 18.2. The number of rotatable bonds is 9. The van der Waals surface area contributed by atoms with E-state index in [-0.39, 0.29) is 11.4 Å². The zero-order chi connectivity index (χ0) is 23.1. The standard InChI is InChI=1S/C23H26F3N5O/c1-31(2)13-7-12-27-22-29-19(16-8-5-4-6-9-16)15-21(30-22)28-17-10-11-20(32-3)18(14-17)23(24,25)26/h4-6,8-11,14-15H,7,12-13H2,1-3H3,(H2,27,28,29,30). The Bertz CT molecular complexity index is 1030. The molecule has 0 bridgehead atoms. The van der Waals surface area contributed by atoms with Crippen molar-refractivity contribution >= 4 is 17.5 Å². The molecule has 0 aliphatic rings. The van der Waals surface area contributed by atoms with Crippen molar-refractivity contribution in [3.8, 4) is 17.0 Å². The number of aromatic nitrogens is 2. The third-order valence-electron chi connectivity index (χ3n) is 4.64. The van der Waals surface area contributed by atoms with E-state index in [0.717, 1.165) is 24.6 Å². The van der Waals surface area contributed by atoms with Crippen LogP contribution in [0.1, 0.15) is 12.0 Å². The van der Waals surface area contributed by atoms with Crippen LogP contribution in [0.5, 0.6) is 5.75 Å². The van der Waals surface area contributed by atoms with Gasteiger partial charge in [0.05, 0.1) is 18.4 Å². The number of alkyl halides is 3. The van der Waals surface area contributed by atoms with Gasteiger partial charge in [0.15, 0.2) is 0 Å². The van der Waals surface area contributed by atoms with E-state index in [2.05, 4.69) is 25.5 Å². The van der Waals surface area contributed by atoms with Crippen molar-refractivity contribution in [2.75, 3.05) is 44.9 Å². The summed E-state index contributed by atoms with van der Waals surface area (Å²) in [5.74, 6) is 0.545. The predicted octanol–water partition coefficient (Wildman–Crippen LogP) is 5.28. The Hall–Kier alpha value is -3.33. The van der Waals surface area contributed by atoms with Gasteiger partial charge in [0.1, 0.15) is 11.6 Å². The quantitative estimate of drug-likeness (QED) is 0.437. The van der Waals surface area contributed by atoms with Crippen molar-refractivity contribution in [3.05, 3.63) is 60.2 Å². The molecule has 0 amide bonds. The molecule has 1 aromatic heterocycles. The maximum absolute atomic E-state index is 13.4. The lowest BCUT2D eigenvalue weighted by Crippen LogP contribution is -2.17. The number of hydrogen-bond acceptors (Lipinski definition) is 6. The second kappa shape index (κ2) is 10.3. The van der Waals surface area contributed by atoms with Crippen LogP contribution in [0, 0.1) is 0 Å². The number of nitrogens with zero attached hydrogens (tertiary/aromatic N) is 3. The lowest BCUT2D eigenvalue weighted by molar-refractivity contribution is -0.138. The lowest BCUT2D eigenvalue weighted by atomic mass is 10.1. The van der Waals surface area contributed by atoms with Gasteiger partial charge >= 0.3 is 6.18 Å². The molecular formula is C23H26F3N5O. The van der Waals surface area contributed by atoms with Crippen molar-refractivity contribution in [3.63, 3.8) is 0 Å². The molecule has 0 radical (unpaired) electrons. The van der Waals surface area contributed by atoms with E-state index in [4.69, 9.17) is 4.74 Å². The van der Waals surface area contributed by atoms with Crippen LogP contribution in [0.25, 0.3) is 11.3 Å². The topological polar surface area (TPSA) is 62.3 Å². The highest BCUT2D eigenvalue weighted by Crippen LogP contribution is 2.38. The molecule has 3 aromatic rings. The number of ether oxygens (including phenoxy) is 1. The Morgan fingerprint density at radius 1 is 1.00 bits per heavy atom. The number of nitrogens with one attached hydrogen (secondary N) is 2. The first-order valence-corrected chi connectivity index (χ1v) is 10.1. The molecule has 0 aliphatic heterocycles. The van der Waals surface area contributed by atoms with Crippen LogP contribution in [-0.4, -0.2) is 49.2 Å². The fourth-order valence-electron chi connectivity index (χ4n) is 3.10. The first kappa shape index (κ1) is 23.3. The molecule has 0 aliphatic carbocycles. The molecule has 32 heavy (non-hydrogen) atoms. The van der Waals surface area contributed by atoms with Gasteiger partial charge in [-0.25, -0.2) is 4.98 Å². The normalized spacial score (nSPS) is 11.5. The Balaban J connectivity index is 1.90. The fraction of sp³-hybridized carbons (Fsp3) is 0.304. The fourth-order valence-corrected chi connectivity index (χ4v) is 3.10. The van der Waals surface area contributed by atoms with E-state index >= 15 is 0 Å². The first-order valence-electron chi connectivity index (χ1n) is 10.1. The van der Waals surface area contributed by atoms with Crippen molar-refractivity contribution in [1.82, 2.24) is 14.9 Å². The summed E-state index contributed by atoms with van der Waals surface area (Å²) >= 11 is 0. The van der Waals surface area contributed by atoms with Crippen LogP contribution in [0.15, 0.2) is 54.6 Å². The molecule has 6 nitrogen and oxygen atoms in total. The molecular weight excluding hydrogens is 419 g/mol. The number of hydrogen-bond donors (Lipinski definition) is 2. The van der Waals surface area contributed by atoms with Crippen LogP contribution in [0.4, 0.5) is 30.6 Å². The molecule has 3 rings (SSSR count). The van der Waals surface area contributed by atoms with Crippen molar-refractivity contribution in [1.29, 1.82) is 0 Å². The van der Waals surface area contributed by atoms with E-state index < -0.39 is 11.7 Å². The van der Waals surface area contributed by atoms with E-state index in [9.17, 15) is 13.2 Å². The minimum atomic E-state index is -4.54. The smallest absolute Gasteiger partial charge is 0.420 e. The van der Waals surface area contributed by atoms with Gasteiger partial charge in [0, 0.05) is 23.9 Å². The van der Waals surface area contributed by atoms with E-state index in [1.807, 2.05) is 44.4 Å². The van der Waals surface area contributed by atoms with E-state index in [1.54, 1.807) is 6.07 Å². The van der Waals surface area contributed by atoms with Crippen molar-refractivity contribution in [2.24, 2.45) is 0 Å². The molecule has 0 fully saturated rings. The van der Waals surface area contributed by atoms with Crippen molar-refractivity contribution in [2.45, 2.75) is 12.6 Å². The molecule has 0 spiro atoms. The predicted molar refractivity (Wildman–Crippen MR) is 120 cm³/mol. The molecule has 1 heterocycles. The Labute approximate surface area is 185 Å². The zero-order valence-electron chi connectivity index (χ0n) is 18.2. The number of anilines is 3. The summed E-state index contributed by atoms with van der Waals surface area (Å²) in [6, 6.07) is 15.0. The third kappa shape index (κ3) is 6.34. The number of halogens is 3. The highest BCUT2D eigenvalue weighted by molar-refractivity contribution is 5.68. The van der Waals surface area contributed by atoms with Gasteiger partial charge in [-0.1, -0.05) is 30.3 Å². The monoisotopic (exact) mass is 445 g/mol. The summed E-state index contributed by atoms with van der Waals surface area (Å²) < 4.78 is 45.0. The van der Waals surface area contributed by atoms with Crippen molar-refractivity contribution < 1.29 is 17.9 Å². The highest BCUT2D eigenvalue weighted by Gasteiger charge is 2.34. The Morgan fingerprint density at radius 3 is 2.41 bits per heavy atom.